The molecule has 4 rings (SSSR count). The van der Waals surface area contributed by atoms with Crippen LogP contribution in [0.3, 0.4) is 0 Å². The number of nitrogens with one attached hydrogen (secondary N) is 1. The summed E-state index contributed by atoms with van der Waals surface area (Å²) in [6.07, 6.45) is 0.765. The topological polar surface area (TPSA) is 87.8 Å². The molecule has 184 valence electrons. The lowest BCUT2D eigenvalue weighted by molar-refractivity contribution is -0.137. The maximum Gasteiger partial charge on any atom is 0.274 e. The van der Waals surface area contributed by atoms with Crippen LogP contribution in [-0.4, -0.2) is 77.3 Å². The lowest BCUT2D eigenvalue weighted by atomic mass is 9.90. The fourth-order valence-corrected chi connectivity index (χ4v) is 4.50. The Hall–Kier alpha value is -2.58. The highest BCUT2D eigenvalue weighted by molar-refractivity contribution is 6.30. The number of morpholine rings is 1. The number of benzene rings is 1. The number of halogens is 1. The van der Waals surface area contributed by atoms with Crippen molar-refractivity contribution < 1.29 is 19.1 Å². The Labute approximate surface area is 205 Å². The molecule has 2 saturated heterocycles. The number of aromatic nitrogens is 2. The second-order valence-corrected chi connectivity index (χ2v) is 10.5. The zero-order valence-corrected chi connectivity index (χ0v) is 20.8. The highest BCUT2D eigenvalue weighted by Crippen LogP contribution is 2.28. The molecule has 2 amide bonds. The predicted octanol–water partition coefficient (Wildman–Crippen LogP) is 3.52. The Balaban J connectivity index is 1.48. The first-order valence-electron chi connectivity index (χ1n) is 11.8. The number of hydrogen-bond donors (Lipinski definition) is 1. The molecule has 1 aromatic carbocycles. The summed E-state index contributed by atoms with van der Waals surface area (Å²) < 4.78 is 11.7. The zero-order chi connectivity index (χ0) is 24.3. The van der Waals surface area contributed by atoms with Crippen LogP contribution in [0.15, 0.2) is 30.3 Å². The normalized spacial score (nSPS) is 21.4. The van der Waals surface area contributed by atoms with Crippen LogP contribution in [0.1, 0.15) is 49.8 Å². The molecule has 0 aliphatic carbocycles. The van der Waals surface area contributed by atoms with Crippen LogP contribution in [-0.2, 0) is 14.9 Å². The number of likely N-dealkylation sites (tertiary alicyclic amines) is 1. The van der Waals surface area contributed by atoms with Crippen LogP contribution in [0.5, 0.6) is 5.75 Å². The third-order valence-corrected chi connectivity index (χ3v) is 6.71. The van der Waals surface area contributed by atoms with Gasteiger partial charge in [0.1, 0.15) is 17.5 Å². The van der Waals surface area contributed by atoms with Crippen molar-refractivity contribution in [2.75, 3.05) is 39.4 Å². The van der Waals surface area contributed by atoms with E-state index in [2.05, 4.69) is 31.0 Å². The molecule has 0 saturated carbocycles. The molecule has 3 heterocycles. The van der Waals surface area contributed by atoms with Gasteiger partial charge in [-0.1, -0.05) is 32.4 Å². The molecule has 34 heavy (non-hydrogen) atoms. The first-order chi connectivity index (χ1) is 16.2. The molecular formula is C25H33ClN4O4. The summed E-state index contributed by atoms with van der Waals surface area (Å²) in [5.74, 6) is 0.521. The van der Waals surface area contributed by atoms with Gasteiger partial charge in [0.15, 0.2) is 0 Å². The second kappa shape index (κ2) is 10.4. The van der Waals surface area contributed by atoms with Gasteiger partial charge in [-0.2, -0.15) is 5.10 Å². The van der Waals surface area contributed by atoms with Crippen molar-refractivity contribution in [2.45, 2.75) is 45.1 Å². The molecule has 2 aliphatic rings. The number of ether oxygens (including phenoxy) is 2. The number of piperidine rings is 1. The molecule has 2 aromatic rings. The van der Waals surface area contributed by atoms with Crippen molar-refractivity contribution >= 4 is 23.4 Å². The van der Waals surface area contributed by atoms with Gasteiger partial charge in [0.2, 0.25) is 5.91 Å². The fraction of sp³-hybridized carbons (Fsp3) is 0.560. The Kier molecular flexibility index (Phi) is 7.48. The van der Waals surface area contributed by atoms with E-state index in [1.807, 2.05) is 23.1 Å². The van der Waals surface area contributed by atoms with Gasteiger partial charge >= 0.3 is 0 Å². The number of aromatic amines is 1. The lowest BCUT2D eigenvalue weighted by Crippen LogP contribution is -2.50. The van der Waals surface area contributed by atoms with Crippen molar-refractivity contribution in [2.24, 2.45) is 5.92 Å². The molecular weight excluding hydrogens is 456 g/mol. The van der Waals surface area contributed by atoms with Gasteiger partial charge in [0, 0.05) is 61.1 Å². The summed E-state index contributed by atoms with van der Waals surface area (Å²) in [6.45, 7) is 9.49. The number of H-pyrrole nitrogens is 1. The molecule has 0 unspecified atom stereocenters. The molecule has 0 spiro atoms. The average Bonchev–Trinajstić information content (AvgIpc) is 3.33. The van der Waals surface area contributed by atoms with E-state index in [1.165, 1.54) is 0 Å². The smallest absolute Gasteiger partial charge is 0.274 e. The van der Waals surface area contributed by atoms with E-state index in [0.717, 1.165) is 5.69 Å². The maximum atomic E-state index is 13.3. The minimum atomic E-state index is -0.181. The van der Waals surface area contributed by atoms with Gasteiger partial charge in [-0.05, 0) is 30.3 Å². The van der Waals surface area contributed by atoms with Crippen molar-refractivity contribution in [3.63, 3.8) is 0 Å². The minimum absolute atomic E-state index is 0.0714. The Morgan fingerprint density at radius 3 is 2.50 bits per heavy atom. The van der Waals surface area contributed by atoms with E-state index in [0.29, 0.717) is 68.7 Å². The molecule has 2 atom stereocenters. The van der Waals surface area contributed by atoms with Crippen molar-refractivity contribution in [3.05, 3.63) is 46.7 Å². The monoisotopic (exact) mass is 488 g/mol. The van der Waals surface area contributed by atoms with Gasteiger partial charge in [0.25, 0.3) is 5.91 Å². The summed E-state index contributed by atoms with van der Waals surface area (Å²) in [5, 5.41) is 7.90. The SMILES string of the molecule is CC(C)(C)c1cc(C(=O)N2CC[C@H](Oc3ccc(Cl)cc3)[C@@H](CC(=O)N3CCOCC3)C2)n[nH]1. The predicted molar refractivity (Wildman–Crippen MR) is 129 cm³/mol. The van der Waals surface area contributed by atoms with Crippen LogP contribution in [0.4, 0.5) is 0 Å². The van der Waals surface area contributed by atoms with Gasteiger partial charge in [0.05, 0.1) is 13.2 Å². The van der Waals surface area contributed by atoms with Crippen LogP contribution in [0, 0.1) is 5.92 Å². The van der Waals surface area contributed by atoms with E-state index in [-0.39, 0.29) is 29.3 Å². The number of amides is 2. The van der Waals surface area contributed by atoms with E-state index in [4.69, 9.17) is 21.1 Å². The van der Waals surface area contributed by atoms with Gasteiger partial charge in [-0.15, -0.1) is 0 Å². The molecule has 8 nitrogen and oxygen atoms in total. The molecule has 0 radical (unpaired) electrons. The van der Waals surface area contributed by atoms with Crippen LogP contribution in [0.2, 0.25) is 5.02 Å². The van der Waals surface area contributed by atoms with Crippen molar-refractivity contribution in [3.8, 4) is 5.75 Å². The van der Waals surface area contributed by atoms with E-state index >= 15 is 0 Å². The van der Waals surface area contributed by atoms with Gasteiger partial charge in [-0.25, -0.2) is 0 Å². The zero-order valence-electron chi connectivity index (χ0n) is 20.1. The summed E-state index contributed by atoms with van der Waals surface area (Å²) in [5.41, 5.74) is 1.19. The van der Waals surface area contributed by atoms with Crippen LogP contribution < -0.4 is 4.74 Å². The van der Waals surface area contributed by atoms with Gasteiger partial charge in [-0.3, -0.25) is 14.7 Å². The first-order valence-corrected chi connectivity index (χ1v) is 12.2. The molecule has 2 aliphatic heterocycles. The number of carbonyl (C=O) groups is 2. The van der Waals surface area contributed by atoms with E-state index in [9.17, 15) is 9.59 Å². The Morgan fingerprint density at radius 2 is 1.85 bits per heavy atom. The van der Waals surface area contributed by atoms with E-state index < -0.39 is 0 Å². The highest BCUT2D eigenvalue weighted by atomic mass is 35.5. The third-order valence-electron chi connectivity index (χ3n) is 6.46. The van der Waals surface area contributed by atoms with E-state index in [1.54, 1.807) is 17.0 Å². The average molecular weight is 489 g/mol. The second-order valence-electron chi connectivity index (χ2n) is 10.0. The third kappa shape index (κ3) is 5.91. The van der Waals surface area contributed by atoms with Crippen molar-refractivity contribution in [1.82, 2.24) is 20.0 Å². The standard InChI is InChI=1S/C25H33ClN4O4/c1-25(2,3)22-15-20(27-28-22)24(32)30-9-8-21(34-19-6-4-18(26)5-7-19)17(16-30)14-23(31)29-10-12-33-13-11-29/h4-7,15,17,21H,8-14,16H2,1-3H3,(H,27,28)/t17-,21-/m0/s1. The Morgan fingerprint density at radius 1 is 1.15 bits per heavy atom. The van der Waals surface area contributed by atoms with Gasteiger partial charge < -0.3 is 19.3 Å². The van der Waals surface area contributed by atoms with Crippen LogP contribution >= 0.6 is 11.6 Å². The van der Waals surface area contributed by atoms with Crippen LogP contribution in [0.25, 0.3) is 0 Å². The number of hydrogen-bond acceptors (Lipinski definition) is 5. The molecule has 1 N–H and O–H groups in total. The molecule has 2 fully saturated rings. The summed E-state index contributed by atoms with van der Waals surface area (Å²) in [7, 11) is 0. The highest BCUT2D eigenvalue weighted by Gasteiger charge is 2.36. The number of carbonyl (C=O) groups excluding carboxylic acids is 2. The molecule has 0 bridgehead atoms. The van der Waals surface area contributed by atoms with Crippen molar-refractivity contribution in [1.29, 1.82) is 0 Å². The molecule has 1 aromatic heterocycles. The number of nitrogens with zero attached hydrogens (tertiary/aromatic N) is 3. The Bertz CT molecular complexity index is 995. The largest absolute Gasteiger partial charge is 0.490 e. The quantitative estimate of drug-likeness (QED) is 0.695. The number of rotatable bonds is 5. The summed E-state index contributed by atoms with van der Waals surface area (Å²) >= 11 is 6.01. The maximum absolute atomic E-state index is 13.3. The fourth-order valence-electron chi connectivity index (χ4n) is 4.38. The first kappa shape index (κ1) is 24.5. The summed E-state index contributed by atoms with van der Waals surface area (Å²) in [6, 6.07) is 9.06. The summed E-state index contributed by atoms with van der Waals surface area (Å²) in [4.78, 5) is 29.9. The molecule has 9 heteroatoms. The minimum Gasteiger partial charge on any atom is -0.490 e. The lowest BCUT2D eigenvalue weighted by Gasteiger charge is -2.39.